The summed E-state index contributed by atoms with van der Waals surface area (Å²) >= 11 is 6.00. The zero-order valence-corrected chi connectivity index (χ0v) is 13.8. The Morgan fingerprint density at radius 1 is 1.12 bits per heavy atom. The second kappa shape index (κ2) is 6.04. The summed E-state index contributed by atoms with van der Waals surface area (Å²) in [5, 5.41) is 8.03. The Morgan fingerprint density at radius 2 is 2.04 bits per heavy atom. The van der Waals surface area contributed by atoms with Crippen LogP contribution in [-0.2, 0) is 13.0 Å². The molecule has 24 heavy (non-hydrogen) atoms. The predicted octanol–water partition coefficient (Wildman–Crippen LogP) is 2.20. The van der Waals surface area contributed by atoms with Crippen molar-refractivity contribution in [3.05, 3.63) is 41.8 Å². The average molecular weight is 343 g/mol. The van der Waals surface area contributed by atoms with E-state index in [4.69, 9.17) is 11.6 Å². The van der Waals surface area contributed by atoms with Gasteiger partial charge in [-0.15, -0.1) is 0 Å². The fraction of sp³-hybridized carbons (Fsp3) is 0.267. The van der Waals surface area contributed by atoms with Crippen molar-refractivity contribution in [3.8, 4) is 0 Å². The third-order valence-corrected chi connectivity index (χ3v) is 4.08. The Hall–Kier alpha value is -2.74. The van der Waals surface area contributed by atoms with Crippen LogP contribution in [0.25, 0.3) is 16.8 Å². The lowest BCUT2D eigenvalue weighted by atomic mass is 10.2. The van der Waals surface area contributed by atoms with Gasteiger partial charge in [0.2, 0.25) is 0 Å². The van der Waals surface area contributed by atoms with Gasteiger partial charge in [-0.1, -0.05) is 11.6 Å². The summed E-state index contributed by atoms with van der Waals surface area (Å²) in [5.41, 5.74) is 3.34. The van der Waals surface area contributed by atoms with Gasteiger partial charge < -0.3 is 9.88 Å². The molecule has 0 aliphatic carbocycles. The van der Waals surface area contributed by atoms with Crippen molar-refractivity contribution in [1.82, 2.24) is 34.1 Å². The Morgan fingerprint density at radius 3 is 2.92 bits per heavy atom. The molecule has 0 bridgehead atoms. The second-order valence-corrected chi connectivity index (χ2v) is 5.73. The summed E-state index contributed by atoms with van der Waals surface area (Å²) in [5.74, 6) is 0.739. The zero-order valence-electron chi connectivity index (χ0n) is 13.0. The van der Waals surface area contributed by atoms with Crippen LogP contribution >= 0.6 is 11.6 Å². The molecular formula is C15H15ClN8. The molecule has 0 atom stereocenters. The van der Waals surface area contributed by atoms with Crippen LogP contribution in [0, 0.1) is 0 Å². The predicted molar refractivity (Wildman–Crippen MR) is 91.2 cm³/mol. The average Bonchev–Trinajstić information content (AvgIpc) is 3.19. The van der Waals surface area contributed by atoms with Crippen LogP contribution in [0.4, 0.5) is 5.82 Å². The van der Waals surface area contributed by atoms with Crippen molar-refractivity contribution < 1.29 is 0 Å². The molecule has 0 aliphatic rings. The van der Waals surface area contributed by atoms with Gasteiger partial charge in [0.15, 0.2) is 17.1 Å². The first-order valence-corrected chi connectivity index (χ1v) is 8.01. The van der Waals surface area contributed by atoms with Crippen molar-refractivity contribution in [3.63, 3.8) is 0 Å². The minimum Gasteiger partial charge on any atom is -0.368 e. The van der Waals surface area contributed by atoms with Crippen LogP contribution in [0.2, 0.25) is 5.02 Å². The normalized spacial score (nSPS) is 11.4. The van der Waals surface area contributed by atoms with Crippen molar-refractivity contribution in [1.29, 1.82) is 0 Å². The van der Waals surface area contributed by atoms with Gasteiger partial charge in [0.25, 0.3) is 0 Å². The Kier molecular flexibility index (Phi) is 3.73. The number of anilines is 1. The van der Waals surface area contributed by atoms with Crippen molar-refractivity contribution in [2.75, 3.05) is 11.9 Å². The van der Waals surface area contributed by atoms with E-state index in [1.807, 2.05) is 17.0 Å². The number of aryl methyl sites for hydroxylation is 1. The summed E-state index contributed by atoms with van der Waals surface area (Å²) in [6.45, 7) is 3.58. The summed E-state index contributed by atoms with van der Waals surface area (Å²) in [6.07, 6.45) is 9.44. The van der Waals surface area contributed by atoms with Gasteiger partial charge in [0, 0.05) is 25.5 Å². The smallest absolute Gasteiger partial charge is 0.173 e. The summed E-state index contributed by atoms with van der Waals surface area (Å²) in [7, 11) is 0. The van der Waals surface area contributed by atoms with Gasteiger partial charge in [0.1, 0.15) is 16.9 Å². The van der Waals surface area contributed by atoms with Gasteiger partial charge in [-0.2, -0.15) is 5.10 Å². The van der Waals surface area contributed by atoms with Gasteiger partial charge in [0.05, 0.1) is 12.5 Å². The van der Waals surface area contributed by atoms with E-state index in [9.17, 15) is 0 Å². The van der Waals surface area contributed by atoms with Crippen molar-refractivity contribution in [2.24, 2.45) is 0 Å². The van der Waals surface area contributed by atoms with E-state index < -0.39 is 0 Å². The number of halogens is 1. The number of nitrogens with zero attached hydrogens (tertiary/aromatic N) is 7. The van der Waals surface area contributed by atoms with E-state index in [1.54, 1.807) is 23.4 Å². The van der Waals surface area contributed by atoms with Gasteiger partial charge >= 0.3 is 0 Å². The molecule has 0 spiro atoms. The number of aromatic nitrogens is 7. The molecule has 0 fully saturated rings. The summed E-state index contributed by atoms with van der Waals surface area (Å²) in [6, 6.07) is 0. The van der Waals surface area contributed by atoms with E-state index in [0.29, 0.717) is 17.2 Å². The summed E-state index contributed by atoms with van der Waals surface area (Å²) in [4.78, 5) is 17.3. The molecule has 9 heteroatoms. The van der Waals surface area contributed by atoms with Crippen LogP contribution in [-0.4, -0.2) is 40.7 Å². The van der Waals surface area contributed by atoms with Crippen LogP contribution in [0.3, 0.4) is 0 Å². The maximum Gasteiger partial charge on any atom is 0.173 e. The SMILES string of the molecule is CCn1cnc2c(NCCc3cnc4c(Cl)cnn4c3)ncnc21. The molecule has 0 saturated carbocycles. The molecule has 122 valence electrons. The largest absolute Gasteiger partial charge is 0.368 e. The third kappa shape index (κ3) is 2.54. The van der Waals surface area contributed by atoms with Gasteiger partial charge in [-0.3, -0.25) is 0 Å². The molecule has 8 nitrogen and oxygen atoms in total. The first kappa shape index (κ1) is 14.8. The number of imidazole rings is 1. The third-order valence-electron chi connectivity index (χ3n) is 3.81. The van der Waals surface area contributed by atoms with Crippen LogP contribution < -0.4 is 5.32 Å². The van der Waals surface area contributed by atoms with E-state index in [-0.39, 0.29) is 0 Å². The van der Waals surface area contributed by atoms with Crippen LogP contribution in [0.15, 0.2) is 31.2 Å². The molecule has 0 saturated heterocycles. The standard InChI is InChI=1S/C15H15ClN8/c1-2-23-9-21-12-13(19-8-20-15(12)23)17-4-3-10-5-18-14-11(16)6-22-24(14)7-10/h5-9H,2-4H2,1H3,(H,17,19,20). The molecule has 4 aromatic rings. The number of hydrogen-bond donors (Lipinski definition) is 1. The quantitative estimate of drug-likeness (QED) is 0.598. The zero-order chi connectivity index (χ0) is 16.5. The fourth-order valence-corrected chi connectivity index (χ4v) is 2.76. The van der Waals surface area contributed by atoms with Gasteiger partial charge in [-0.25, -0.2) is 24.5 Å². The van der Waals surface area contributed by atoms with Crippen molar-refractivity contribution >= 4 is 34.2 Å². The molecule has 4 heterocycles. The first-order chi connectivity index (χ1) is 11.8. The maximum absolute atomic E-state index is 6.00. The summed E-state index contributed by atoms with van der Waals surface area (Å²) < 4.78 is 3.67. The van der Waals surface area contributed by atoms with Gasteiger partial charge in [-0.05, 0) is 18.9 Å². The molecule has 1 N–H and O–H groups in total. The monoisotopic (exact) mass is 342 g/mol. The topological polar surface area (TPSA) is 85.8 Å². The number of rotatable bonds is 5. The molecule has 4 aromatic heterocycles. The van der Waals surface area contributed by atoms with Crippen LogP contribution in [0.5, 0.6) is 0 Å². The molecule has 0 unspecified atom stereocenters. The highest BCUT2D eigenvalue weighted by molar-refractivity contribution is 6.33. The second-order valence-electron chi connectivity index (χ2n) is 5.32. The highest BCUT2D eigenvalue weighted by Gasteiger charge is 2.09. The molecule has 0 radical (unpaired) electrons. The molecule has 0 amide bonds. The Bertz CT molecular complexity index is 1010. The van der Waals surface area contributed by atoms with Crippen molar-refractivity contribution in [2.45, 2.75) is 19.9 Å². The van der Waals surface area contributed by atoms with Crippen LogP contribution in [0.1, 0.15) is 12.5 Å². The molecular weight excluding hydrogens is 328 g/mol. The minimum absolute atomic E-state index is 0.551. The van der Waals surface area contributed by atoms with E-state index in [1.165, 1.54) is 0 Å². The Balaban J connectivity index is 1.49. The number of hydrogen-bond acceptors (Lipinski definition) is 6. The number of nitrogens with one attached hydrogen (secondary N) is 1. The first-order valence-electron chi connectivity index (χ1n) is 7.63. The molecule has 0 aliphatic heterocycles. The molecule has 0 aromatic carbocycles. The highest BCUT2D eigenvalue weighted by atomic mass is 35.5. The molecule has 4 rings (SSSR count). The fourth-order valence-electron chi connectivity index (χ4n) is 2.58. The van der Waals surface area contributed by atoms with E-state index >= 15 is 0 Å². The lowest BCUT2D eigenvalue weighted by molar-refractivity contribution is 0.777. The maximum atomic E-state index is 6.00. The Labute approximate surface area is 142 Å². The van der Waals surface area contributed by atoms with E-state index in [2.05, 4.69) is 37.3 Å². The lowest BCUT2D eigenvalue weighted by Crippen LogP contribution is -2.08. The van der Waals surface area contributed by atoms with E-state index in [0.717, 1.165) is 35.5 Å². The highest BCUT2D eigenvalue weighted by Crippen LogP contribution is 2.17. The number of fused-ring (bicyclic) bond motifs is 2. The lowest BCUT2D eigenvalue weighted by Gasteiger charge is -2.06. The minimum atomic E-state index is 0.551.